The van der Waals surface area contributed by atoms with Crippen molar-refractivity contribution in [1.29, 1.82) is 0 Å². The average Bonchev–Trinajstić information content (AvgIpc) is 3.34. The molecule has 9 heteroatoms. The van der Waals surface area contributed by atoms with E-state index in [-0.39, 0.29) is 23.5 Å². The monoisotopic (exact) mass is 528 g/mol. The smallest absolute Gasteiger partial charge is 0.281 e. The fourth-order valence-electron chi connectivity index (χ4n) is 4.52. The minimum atomic E-state index is -0.469. The maximum atomic E-state index is 14.1. The van der Waals surface area contributed by atoms with E-state index in [1.54, 1.807) is 72.3 Å². The van der Waals surface area contributed by atoms with Gasteiger partial charge in [-0.2, -0.15) is 19.9 Å². The molecule has 2 aliphatic rings. The molecule has 0 radical (unpaired) electrons. The molecule has 1 amide bonds. The number of hydrazone groups is 1. The highest BCUT2D eigenvalue weighted by Crippen LogP contribution is 2.42. The second-order valence-corrected chi connectivity index (χ2v) is 9.29. The van der Waals surface area contributed by atoms with Crippen LogP contribution in [0.15, 0.2) is 89.5 Å². The summed E-state index contributed by atoms with van der Waals surface area (Å²) in [6.07, 6.45) is 0. The van der Waals surface area contributed by atoms with E-state index < -0.39 is 5.91 Å². The van der Waals surface area contributed by atoms with Gasteiger partial charge in [-0.25, -0.2) is 0 Å². The number of carbonyl (C=O) groups is 2. The van der Waals surface area contributed by atoms with E-state index >= 15 is 0 Å². The average molecular weight is 529 g/mol. The van der Waals surface area contributed by atoms with Crippen LogP contribution in [-0.2, 0) is 4.79 Å². The summed E-state index contributed by atoms with van der Waals surface area (Å²) in [5.74, 6) is -0.499. The highest BCUT2D eigenvalue weighted by molar-refractivity contribution is 6.45. The van der Waals surface area contributed by atoms with Crippen molar-refractivity contribution in [1.82, 2.24) is 9.78 Å². The maximum Gasteiger partial charge on any atom is 0.281 e. The summed E-state index contributed by atoms with van der Waals surface area (Å²) in [6, 6.07) is 22.9. The Bertz CT molecular complexity index is 1660. The number of anilines is 1. The lowest BCUT2D eigenvalue weighted by atomic mass is 9.90. The summed E-state index contributed by atoms with van der Waals surface area (Å²) in [7, 11) is 0. The van der Waals surface area contributed by atoms with Crippen molar-refractivity contribution in [2.75, 3.05) is 11.6 Å². The third-order valence-corrected chi connectivity index (χ3v) is 6.84. The van der Waals surface area contributed by atoms with Crippen molar-refractivity contribution in [3.63, 3.8) is 0 Å². The fourth-order valence-corrected chi connectivity index (χ4v) is 4.95. The maximum absolute atomic E-state index is 14.1. The van der Waals surface area contributed by atoms with Gasteiger partial charge in [0.25, 0.3) is 5.91 Å². The first-order valence-electron chi connectivity index (χ1n) is 11.4. The number of allylic oxidation sites excluding steroid dienone is 1. The number of rotatable bonds is 4. The summed E-state index contributed by atoms with van der Waals surface area (Å²) in [6.45, 7) is 1.71. The lowest BCUT2D eigenvalue weighted by molar-refractivity contribution is -0.114. The van der Waals surface area contributed by atoms with Crippen molar-refractivity contribution >= 4 is 51.9 Å². The van der Waals surface area contributed by atoms with Gasteiger partial charge in [0.1, 0.15) is 12.3 Å². The van der Waals surface area contributed by atoms with Gasteiger partial charge in [0.15, 0.2) is 5.78 Å². The molecule has 0 fully saturated rings. The summed E-state index contributed by atoms with van der Waals surface area (Å²) in [5, 5.41) is 11.2. The number of carbonyl (C=O) groups excluding carboxylic acids is 2. The standard InChI is InChI=1S/C28H18Cl2N4O3/c1-16-23-25(26(35)17-9-3-2-4-10-17)24-20(32-33(27(24)36)21-13-7-5-11-18(21)29)15-37-28(23)34(31-16)22-14-8-6-12-19(22)30/h2-14H,15H2,1H3. The first kappa shape index (κ1) is 23.2. The second kappa shape index (κ2) is 9.03. The Labute approximate surface area is 222 Å². The van der Waals surface area contributed by atoms with Crippen LogP contribution in [0.1, 0.15) is 21.6 Å². The number of aromatic nitrogens is 2. The van der Waals surface area contributed by atoms with Crippen LogP contribution >= 0.6 is 23.2 Å². The van der Waals surface area contributed by atoms with Crippen molar-refractivity contribution in [2.45, 2.75) is 6.92 Å². The molecule has 0 aliphatic carbocycles. The van der Waals surface area contributed by atoms with E-state index in [0.717, 1.165) is 0 Å². The van der Waals surface area contributed by atoms with Gasteiger partial charge in [-0.3, -0.25) is 9.59 Å². The third kappa shape index (κ3) is 3.75. The predicted octanol–water partition coefficient (Wildman–Crippen LogP) is 5.92. The van der Waals surface area contributed by atoms with Crippen molar-refractivity contribution < 1.29 is 14.3 Å². The molecule has 3 aromatic carbocycles. The highest BCUT2D eigenvalue weighted by Gasteiger charge is 2.42. The van der Waals surface area contributed by atoms with Gasteiger partial charge in [-0.15, -0.1) is 0 Å². The normalized spacial score (nSPS) is 14.6. The van der Waals surface area contributed by atoms with Gasteiger partial charge < -0.3 is 4.74 Å². The molecule has 0 spiro atoms. The molecule has 0 atom stereocenters. The van der Waals surface area contributed by atoms with Crippen LogP contribution in [0.5, 0.6) is 5.88 Å². The Kier molecular flexibility index (Phi) is 5.67. The zero-order valence-electron chi connectivity index (χ0n) is 19.5. The number of para-hydroxylation sites is 2. The van der Waals surface area contributed by atoms with Crippen LogP contribution in [0, 0.1) is 6.92 Å². The van der Waals surface area contributed by atoms with E-state index in [1.165, 1.54) is 5.01 Å². The third-order valence-electron chi connectivity index (χ3n) is 6.20. The number of benzene rings is 3. The zero-order chi connectivity index (χ0) is 25.7. The van der Waals surface area contributed by atoms with E-state index in [2.05, 4.69) is 10.2 Å². The van der Waals surface area contributed by atoms with Crippen molar-refractivity contribution in [3.8, 4) is 11.6 Å². The van der Waals surface area contributed by atoms with Gasteiger partial charge >= 0.3 is 0 Å². The van der Waals surface area contributed by atoms with Crippen LogP contribution in [0.2, 0.25) is 10.0 Å². The molecule has 0 bridgehead atoms. The molecule has 3 heterocycles. The number of fused-ring (bicyclic) bond motifs is 2. The summed E-state index contributed by atoms with van der Waals surface area (Å²) >= 11 is 12.9. The van der Waals surface area contributed by atoms with Gasteiger partial charge in [-0.05, 0) is 31.2 Å². The SMILES string of the molecule is Cc1nn(-c2ccccc2Cl)c2c1C(C(=O)c1ccccc1)=C1C(=O)N(c3ccccc3Cl)N=C1CO2. The van der Waals surface area contributed by atoms with Gasteiger partial charge in [0, 0.05) is 5.56 Å². The van der Waals surface area contributed by atoms with Crippen LogP contribution in [0.3, 0.4) is 0 Å². The number of hydrogen-bond donors (Lipinski definition) is 0. The zero-order valence-corrected chi connectivity index (χ0v) is 21.0. The lowest BCUT2D eigenvalue weighted by Gasteiger charge is -2.15. The predicted molar refractivity (Wildman–Crippen MR) is 143 cm³/mol. The minimum absolute atomic E-state index is 0.0593. The Morgan fingerprint density at radius 3 is 2.19 bits per heavy atom. The quantitative estimate of drug-likeness (QED) is 0.308. The Morgan fingerprint density at radius 1 is 0.892 bits per heavy atom. The summed E-state index contributed by atoms with van der Waals surface area (Å²) in [4.78, 5) is 27.9. The molecule has 7 nitrogen and oxygen atoms in total. The van der Waals surface area contributed by atoms with Crippen LogP contribution < -0.4 is 9.75 Å². The number of aryl methyl sites for hydroxylation is 1. The second-order valence-electron chi connectivity index (χ2n) is 8.48. The molecule has 0 unspecified atom stereocenters. The molecule has 0 saturated carbocycles. The molecule has 37 heavy (non-hydrogen) atoms. The molecule has 0 saturated heterocycles. The first-order chi connectivity index (χ1) is 18.0. The summed E-state index contributed by atoms with van der Waals surface area (Å²) < 4.78 is 7.77. The Morgan fingerprint density at radius 2 is 1.51 bits per heavy atom. The van der Waals surface area contributed by atoms with Crippen LogP contribution in [-0.4, -0.2) is 33.8 Å². The van der Waals surface area contributed by atoms with Gasteiger partial charge in [0.2, 0.25) is 5.88 Å². The lowest BCUT2D eigenvalue weighted by Crippen LogP contribution is -2.24. The molecule has 2 aliphatic heterocycles. The number of Topliss-reactive ketones (excluding diaryl/α,β-unsaturated/α-hetero) is 1. The number of halogens is 2. The molecular formula is C28H18Cl2N4O3. The van der Waals surface area contributed by atoms with Crippen LogP contribution in [0.4, 0.5) is 5.69 Å². The number of amides is 1. The molecule has 6 rings (SSSR count). The Hall–Kier alpha value is -4.20. The molecule has 0 N–H and O–H groups in total. The van der Waals surface area contributed by atoms with E-state index in [4.69, 9.17) is 27.9 Å². The number of hydrogen-bond acceptors (Lipinski definition) is 5. The number of ether oxygens (including phenoxy) is 1. The number of nitrogens with zero attached hydrogens (tertiary/aromatic N) is 4. The summed E-state index contributed by atoms with van der Waals surface area (Å²) in [5.41, 5.74) is 3.01. The first-order valence-corrected chi connectivity index (χ1v) is 12.2. The molecule has 4 aromatic rings. The van der Waals surface area contributed by atoms with E-state index in [0.29, 0.717) is 49.8 Å². The van der Waals surface area contributed by atoms with Gasteiger partial charge in [-0.1, -0.05) is 77.8 Å². The van der Waals surface area contributed by atoms with E-state index in [9.17, 15) is 9.59 Å². The van der Waals surface area contributed by atoms with Crippen LogP contribution in [0.25, 0.3) is 11.3 Å². The van der Waals surface area contributed by atoms with Gasteiger partial charge in [0.05, 0.1) is 43.8 Å². The highest BCUT2D eigenvalue weighted by atomic mass is 35.5. The topological polar surface area (TPSA) is 76.8 Å². The molecular weight excluding hydrogens is 511 g/mol. The van der Waals surface area contributed by atoms with Crippen molar-refractivity contribution in [3.05, 3.63) is 111 Å². The Balaban J connectivity index is 1.61. The van der Waals surface area contributed by atoms with Crippen molar-refractivity contribution in [2.24, 2.45) is 5.10 Å². The largest absolute Gasteiger partial charge is 0.471 e. The minimum Gasteiger partial charge on any atom is -0.471 e. The van der Waals surface area contributed by atoms with E-state index in [1.807, 2.05) is 18.2 Å². The number of ketones is 1. The molecule has 182 valence electrons. The molecule has 1 aromatic heterocycles. The fraction of sp³-hybridized carbons (Fsp3) is 0.0714.